The molecular formula is C40H44Cl2N4O4. The fourth-order valence-corrected chi connectivity index (χ4v) is 9.11. The van der Waals surface area contributed by atoms with E-state index >= 15 is 0 Å². The molecule has 4 aliphatic heterocycles. The fraction of sp³-hybridized carbons (Fsp3) is 0.450. The third-order valence-corrected chi connectivity index (χ3v) is 12.0. The molecule has 4 saturated heterocycles. The number of pyridine rings is 2. The normalized spacial score (nSPS) is 20.0. The van der Waals surface area contributed by atoms with Gasteiger partial charge in [0, 0.05) is 110 Å². The lowest BCUT2D eigenvalue weighted by atomic mass is 9.73. The number of halogens is 2. The number of nitrogens with zero attached hydrogens (tertiary/aromatic N) is 4. The Labute approximate surface area is 304 Å². The van der Waals surface area contributed by atoms with Crippen molar-refractivity contribution in [2.45, 2.75) is 38.8 Å². The van der Waals surface area contributed by atoms with E-state index in [1.165, 1.54) is 0 Å². The molecule has 0 amide bonds. The average molecular weight is 716 g/mol. The van der Waals surface area contributed by atoms with Crippen molar-refractivity contribution in [3.8, 4) is 45.4 Å². The Bertz CT molecular complexity index is 1720. The Morgan fingerprint density at radius 1 is 0.580 bits per heavy atom. The van der Waals surface area contributed by atoms with Crippen molar-refractivity contribution in [2.24, 2.45) is 10.8 Å². The standard InChI is InChI=1S/C40H44Cl2N4O4/c1-47-37-27(21-45-23-39(24-45)13-17-49-18-14-39)9-11-33(43-37)31-7-3-5-29(35(31)41)30-6-4-8-32(36(30)42)34-12-10-28(38(44-34)48-2)22-46-25-40(26-46)15-19-50-20-16-40/h3-12H,13-26H2,1-2H3. The van der Waals surface area contributed by atoms with Gasteiger partial charge in [0.15, 0.2) is 0 Å². The van der Waals surface area contributed by atoms with E-state index < -0.39 is 0 Å². The zero-order chi connectivity index (χ0) is 34.3. The summed E-state index contributed by atoms with van der Waals surface area (Å²) in [4.78, 5) is 14.8. The molecule has 0 bridgehead atoms. The number of likely N-dealkylation sites (tertiary alicyclic amines) is 2. The average Bonchev–Trinajstić information content (AvgIpc) is 3.12. The number of methoxy groups -OCH3 is 2. The molecule has 50 heavy (non-hydrogen) atoms. The summed E-state index contributed by atoms with van der Waals surface area (Å²) < 4.78 is 22.8. The van der Waals surface area contributed by atoms with Crippen molar-refractivity contribution in [1.29, 1.82) is 0 Å². The zero-order valence-corrected chi connectivity index (χ0v) is 30.4. The minimum absolute atomic E-state index is 0.417. The predicted octanol–water partition coefficient (Wildman–Crippen LogP) is 8.03. The van der Waals surface area contributed by atoms with Crippen molar-refractivity contribution >= 4 is 23.2 Å². The van der Waals surface area contributed by atoms with Crippen molar-refractivity contribution < 1.29 is 18.9 Å². The molecule has 4 aliphatic rings. The molecule has 2 aromatic carbocycles. The highest BCUT2D eigenvalue weighted by molar-refractivity contribution is 6.39. The number of benzene rings is 2. The van der Waals surface area contributed by atoms with E-state index in [4.69, 9.17) is 52.1 Å². The zero-order valence-electron chi connectivity index (χ0n) is 28.9. The first kappa shape index (κ1) is 33.9. The molecule has 0 aliphatic carbocycles. The van der Waals surface area contributed by atoms with Gasteiger partial charge in [0.1, 0.15) is 0 Å². The van der Waals surface area contributed by atoms with Gasteiger partial charge in [-0.05, 0) is 37.8 Å². The van der Waals surface area contributed by atoms with Gasteiger partial charge in [-0.1, -0.05) is 71.7 Å². The van der Waals surface area contributed by atoms with Crippen molar-refractivity contribution in [1.82, 2.24) is 19.8 Å². The second-order valence-electron chi connectivity index (χ2n) is 14.6. The molecule has 0 N–H and O–H groups in total. The number of ether oxygens (including phenoxy) is 4. The smallest absolute Gasteiger partial charge is 0.218 e. The molecule has 262 valence electrons. The molecule has 8 rings (SSSR count). The first-order valence-electron chi connectivity index (χ1n) is 17.6. The number of hydrogen-bond donors (Lipinski definition) is 0. The molecule has 0 radical (unpaired) electrons. The highest BCUT2D eigenvalue weighted by atomic mass is 35.5. The monoisotopic (exact) mass is 714 g/mol. The predicted molar refractivity (Wildman–Crippen MR) is 197 cm³/mol. The molecule has 4 fully saturated rings. The summed E-state index contributed by atoms with van der Waals surface area (Å²) in [6.07, 6.45) is 4.58. The van der Waals surface area contributed by atoms with Crippen LogP contribution in [0.15, 0.2) is 60.7 Å². The fourth-order valence-electron chi connectivity index (χ4n) is 8.46. The van der Waals surface area contributed by atoms with Crippen LogP contribution in [0.25, 0.3) is 33.6 Å². The lowest BCUT2D eigenvalue weighted by Crippen LogP contribution is -2.57. The van der Waals surface area contributed by atoms with Crippen LogP contribution in [0.1, 0.15) is 36.8 Å². The van der Waals surface area contributed by atoms with Crippen LogP contribution in [0.4, 0.5) is 0 Å². The maximum Gasteiger partial charge on any atom is 0.218 e. The van der Waals surface area contributed by atoms with Crippen LogP contribution in [0, 0.1) is 10.8 Å². The highest BCUT2D eigenvalue weighted by Crippen LogP contribution is 2.45. The molecule has 2 spiro atoms. The van der Waals surface area contributed by atoms with Gasteiger partial charge in [0.05, 0.1) is 35.7 Å². The molecule has 4 aromatic rings. The van der Waals surface area contributed by atoms with Gasteiger partial charge in [-0.15, -0.1) is 0 Å². The van der Waals surface area contributed by atoms with Gasteiger partial charge in [-0.2, -0.15) is 0 Å². The minimum atomic E-state index is 0.417. The molecule has 8 nitrogen and oxygen atoms in total. The Hall–Kier alpha value is -3.24. The molecule has 0 atom stereocenters. The van der Waals surface area contributed by atoms with E-state index in [2.05, 4.69) is 21.9 Å². The SMILES string of the molecule is COc1nc(-c2cccc(-c3cccc(-c4ccc(CN5CC6(CCOCC6)C5)c(OC)n4)c3Cl)c2Cl)ccc1CN1CC2(CCOCC2)C1. The largest absolute Gasteiger partial charge is 0.481 e. The third-order valence-electron chi connectivity index (χ3n) is 11.2. The van der Waals surface area contributed by atoms with Gasteiger partial charge in [0.25, 0.3) is 0 Å². The van der Waals surface area contributed by atoms with Crippen LogP contribution in [0.2, 0.25) is 10.0 Å². The Morgan fingerprint density at radius 2 is 0.960 bits per heavy atom. The second-order valence-corrected chi connectivity index (χ2v) is 15.3. The summed E-state index contributed by atoms with van der Waals surface area (Å²) in [7, 11) is 3.36. The van der Waals surface area contributed by atoms with Crippen LogP contribution in [-0.2, 0) is 22.6 Å². The maximum absolute atomic E-state index is 7.17. The Kier molecular flexibility index (Phi) is 9.52. The van der Waals surface area contributed by atoms with E-state index in [1.807, 2.05) is 48.5 Å². The van der Waals surface area contributed by atoms with Gasteiger partial charge in [-0.25, -0.2) is 9.97 Å². The van der Waals surface area contributed by atoms with Crippen molar-refractivity contribution in [3.05, 3.63) is 81.8 Å². The summed E-state index contributed by atoms with van der Waals surface area (Å²) in [6.45, 7) is 9.49. The number of aromatic nitrogens is 2. The first-order chi connectivity index (χ1) is 24.4. The summed E-state index contributed by atoms with van der Waals surface area (Å²) >= 11 is 14.3. The van der Waals surface area contributed by atoms with E-state index in [-0.39, 0.29) is 0 Å². The molecule has 0 unspecified atom stereocenters. The van der Waals surface area contributed by atoms with Crippen molar-refractivity contribution in [3.63, 3.8) is 0 Å². The number of hydrogen-bond acceptors (Lipinski definition) is 8. The van der Waals surface area contributed by atoms with Gasteiger partial charge in [0.2, 0.25) is 11.8 Å². The van der Waals surface area contributed by atoms with Crippen LogP contribution < -0.4 is 9.47 Å². The third kappa shape index (κ3) is 6.51. The lowest BCUT2D eigenvalue weighted by molar-refractivity contribution is -0.0842. The van der Waals surface area contributed by atoms with Gasteiger partial charge < -0.3 is 18.9 Å². The van der Waals surface area contributed by atoms with E-state index in [1.54, 1.807) is 14.2 Å². The molecule has 10 heteroatoms. The lowest BCUT2D eigenvalue weighted by Gasteiger charge is -2.52. The summed E-state index contributed by atoms with van der Waals surface area (Å²) in [5, 5.41) is 1.16. The van der Waals surface area contributed by atoms with Crippen LogP contribution >= 0.6 is 23.2 Å². The summed E-state index contributed by atoms with van der Waals surface area (Å²) in [5.74, 6) is 1.25. The van der Waals surface area contributed by atoms with Crippen molar-refractivity contribution in [2.75, 3.05) is 66.8 Å². The van der Waals surface area contributed by atoms with Crippen LogP contribution in [0.5, 0.6) is 11.8 Å². The quantitative estimate of drug-likeness (QED) is 0.173. The van der Waals surface area contributed by atoms with E-state index in [0.717, 1.165) is 136 Å². The van der Waals surface area contributed by atoms with E-state index in [9.17, 15) is 0 Å². The Morgan fingerprint density at radius 3 is 1.34 bits per heavy atom. The minimum Gasteiger partial charge on any atom is -0.481 e. The van der Waals surface area contributed by atoms with Crippen LogP contribution in [-0.4, -0.2) is 86.6 Å². The summed E-state index contributed by atoms with van der Waals surface area (Å²) in [6, 6.07) is 20.2. The first-order valence-corrected chi connectivity index (χ1v) is 18.4. The van der Waals surface area contributed by atoms with Crippen LogP contribution in [0.3, 0.4) is 0 Å². The molecular weight excluding hydrogens is 671 g/mol. The van der Waals surface area contributed by atoms with Gasteiger partial charge in [-0.3, -0.25) is 9.80 Å². The molecule has 0 saturated carbocycles. The maximum atomic E-state index is 7.17. The highest BCUT2D eigenvalue weighted by Gasteiger charge is 2.44. The van der Waals surface area contributed by atoms with E-state index in [0.29, 0.717) is 32.6 Å². The molecule has 6 heterocycles. The summed E-state index contributed by atoms with van der Waals surface area (Å²) in [5.41, 5.74) is 7.77. The Balaban J connectivity index is 1.01. The molecule has 2 aromatic heterocycles. The topological polar surface area (TPSA) is 69.2 Å². The number of rotatable bonds is 9. The second kappa shape index (κ2) is 14.1. The van der Waals surface area contributed by atoms with Gasteiger partial charge >= 0.3 is 0 Å².